The minimum absolute atomic E-state index is 0.367. The van der Waals surface area contributed by atoms with Crippen LogP contribution in [-0.4, -0.2) is 45.4 Å². The number of aromatic nitrogens is 4. The minimum atomic E-state index is -0.367. The van der Waals surface area contributed by atoms with E-state index in [1.54, 1.807) is 25.4 Å². The molecule has 0 radical (unpaired) electrons. The molecule has 0 amide bonds. The Labute approximate surface area is 174 Å². The van der Waals surface area contributed by atoms with Crippen molar-refractivity contribution in [2.24, 2.45) is 4.99 Å². The van der Waals surface area contributed by atoms with Crippen molar-refractivity contribution in [1.82, 2.24) is 19.1 Å². The first kappa shape index (κ1) is 19.6. The largest absolute Gasteiger partial charge is 0.465 e. The van der Waals surface area contributed by atoms with Gasteiger partial charge in [-0.1, -0.05) is 18.2 Å². The van der Waals surface area contributed by atoms with Gasteiger partial charge in [0, 0.05) is 37.8 Å². The number of imidazole rings is 2. The molecule has 2 aromatic carbocycles. The Balaban J connectivity index is 1.72. The summed E-state index contributed by atoms with van der Waals surface area (Å²) in [5.41, 5.74) is 4.41. The molecule has 0 aliphatic heterocycles. The maximum atomic E-state index is 11.9. The third kappa shape index (κ3) is 3.61. The van der Waals surface area contributed by atoms with E-state index < -0.39 is 0 Å². The van der Waals surface area contributed by atoms with Crippen molar-refractivity contribution >= 4 is 23.2 Å². The lowest BCUT2D eigenvalue weighted by molar-refractivity contribution is 0.0601. The Morgan fingerprint density at radius 1 is 1.23 bits per heavy atom. The topological polar surface area (TPSA) is 74.3 Å². The smallest absolute Gasteiger partial charge is 0.337 e. The highest BCUT2D eigenvalue weighted by Crippen LogP contribution is 2.23. The summed E-state index contributed by atoms with van der Waals surface area (Å²) < 4.78 is 9.08. The average molecular weight is 401 g/mol. The molecule has 0 saturated carbocycles. The van der Waals surface area contributed by atoms with Crippen LogP contribution in [0, 0.1) is 0 Å². The molecule has 7 nitrogen and oxygen atoms in total. The molecule has 0 N–H and O–H groups in total. The van der Waals surface area contributed by atoms with Crippen LogP contribution in [0.25, 0.3) is 22.4 Å². The summed E-state index contributed by atoms with van der Waals surface area (Å²) in [7, 11) is 3.14. The number of carbonyl (C=O) groups excluding carboxylic acids is 1. The minimum Gasteiger partial charge on any atom is -0.465 e. The third-order valence-electron chi connectivity index (χ3n) is 5.01. The molecule has 2 aromatic heterocycles. The van der Waals surface area contributed by atoms with E-state index in [2.05, 4.69) is 27.5 Å². The maximum Gasteiger partial charge on any atom is 0.337 e. The fourth-order valence-electron chi connectivity index (χ4n) is 3.65. The van der Waals surface area contributed by atoms with Gasteiger partial charge in [-0.3, -0.25) is 4.99 Å². The molecule has 4 aromatic rings. The van der Waals surface area contributed by atoms with E-state index in [1.165, 1.54) is 7.11 Å². The summed E-state index contributed by atoms with van der Waals surface area (Å²) in [5.74, 6) is 1.35. The van der Waals surface area contributed by atoms with E-state index in [-0.39, 0.29) is 5.97 Å². The summed E-state index contributed by atoms with van der Waals surface area (Å²) in [6, 6.07) is 13.5. The van der Waals surface area contributed by atoms with Crippen LogP contribution >= 0.6 is 0 Å². The number of nitrogens with zero attached hydrogens (tertiary/aromatic N) is 5. The second kappa shape index (κ2) is 8.32. The molecule has 0 atom stereocenters. The summed E-state index contributed by atoms with van der Waals surface area (Å²) in [6.07, 6.45) is 5.51. The van der Waals surface area contributed by atoms with E-state index in [4.69, 9.17) is 9.72 Å². The van der Waals surface area contributed by atoms with Gasteiger partial charge >= 0.3 is 5.97 Å². The Morgan fingerprint density at radius 2 is 2.10 bits per heavy atom. The molecule has 0 fully saturated rings. The predicted molar refractivity (Wildman–Crippen MR) is 117 cm³/mol. The van der Waals surface area contributed by atoms with E-state index in [9.17, 15) is 4.79 Å². The zero-order valence-electron chi connectivity index (χ0n) is 17.2. The standard InChI is InChI=1S/C23H23N5O2/c1-4-28-20-9-8-16(14-24-2)12-19(20)26-21(28)15-27-11-10-25-22(27)17-6-5-7-18(13-17)23(29)30-3/h5-14H,4,15H2,1-3H3. The van der Waals surface area contributed by atoms with Gasteiger partial charge in [-0.25, -0.2) is 14.8 Å². The number of rotatable bonds is 6. The first-order valence-corrected chi connectivity index (χ1v) is 9.75. The second-order valence-electron chi connectivity index (χ2n) is 6.86. The van der Waals surface area contributed by atoms with Gasteiger partial charge in [0.1, 0.15) is 11.6 Å². The SMILES string of the molecule is CCn1c(Cn2ccnc2-c2cccc(C(=O)OC)c2)nc2cc(C=NC)ccc21. The summed E-state index contributed by atoms with van der Waals surface area (Å²) in [4.78, 5) is 25.4. The maximum absolute atomic E-state index is 11.9. The number of benzene rings is 2. The van der Waals surface area contributed by atoms with Crippen molar-refractivity contribution in [1.29, 1.82) is 0 Å². The number of aliphatic imine (C=N–C) groups is 1. The van der Waals surface area contributed by atoms with Gasteiger partial charge in [0.2, 0.25) is 0 Å². The Kier molecular flexibility index (Phi) is 5.43. The molecule has 0 aliphatic rings. The lowest BCUT2D eigenvalue weighted by Crippen LogP contribution is -2.09. The summed E-state index contributed by atoms with van der Waals surface area (Å²) in [5, 5.41) is 0. The van der Waals surface area contributed by atoms with Crippen molar-refractivity contribution < 1.29 is 9.53 Å². The van der Waals surface area contributed by atoms with Crippen LogP contribution in [0.2, 0.25) is 0 Å². The number of ether oxygens (including phenoxy) is 1. The lowest BCUT2D eigenvalue weighted by Gasteiger charge is -2.10. The van der Waals surface area contributed by atoms with E-state index in [0.29, 0.717) is 12.1 Å². The fraction of sp³-hybridized carbons (Fsp3) is 0.217. The molecule has 0 unspecified atom stereocenters. The molecule has 0 bridgehead atoms. The normalized spacial score (nSPS) is 11.4. The number of hydrogen-bond acceptors (Lipinski definition) is 5. The number of esters is 1. The Morgan fingerprint density at radius 3 is 2.87 bits per heavy atom. The monoisotopic (exact) mass is 401 g/mol. The van der Waals surface area contributed by atoms with Crippen LogP contribution in [0.4, 0.5) is 0 Å². The first-order chi connectivity index (χ1) is 14.6. The quantitative estimate of drug-likeness (QED) is 0.364. The van der Waals surface area contributed by atoms with Gasteiger partial charge in [0.25, 0.3) is 0 Å². The zero-order valence-corrected chi connectivity index (χ0v) is 17.2. The first-order valence-electron chi connectivity index (χ1n) is 9.75. The molecular weight excluding hydrogens is 378 g/mol. The van der Waals surface area contributed by atoms with Crippen molar-refractivity contribution in [3.05, 3.63) is 71.8 Å². The van der Waals surface area contributed by atoms with E-state index in [0.717, 1.165) is 40.4 Å². The van der Waals surface area contributed by atoms with Crippen molar-refractivity contribution in [3.63, 3.8) is 0 Å². The molecule has 152 valence electrons. The number of hydrogen-bond donors (Lipinski definition) is 0. The fourth-order valence-corrected chi connectivity index (χ4v) is 3.65. The van der Waals surface area contributed by atoms with E-state index in [1.807, 2.05) is 41.2 Å². The van der Waals surface area contributed by atoms with E-state index >= 15 is 0 Å². The average Bonchev–Trinajstić information content (AvgIpc) is 3.37. The Bertz CT molecular complexity index is 1240. The van der Waals surface area contributed by atoms with Crippen LogP contribution in [-0.2, 0) is 17.8 Å². The number of fused-ring (bicyclic) bond motifs is 1. The second-order valence-corrected chi connectivity index (χ2v) is 6.86. The zero-order chi connectivity index (χ0) is 21.1. The van der Waals surface area contributed by atoms with Crippen LogP contribution in [0.5, 0.6) is 0 Å². The molecular formula is C23H23N5O2. The van der Waals surface area contributed by atoms with Gasteiger partial charge in [0.05, 0.1) is 30.3 Å². The van der Waals surface area contributed by atoms with Crippen LogP contribution in [0.15, 0.2) is 59.9 Å². The highest BCUT2D eigenvalue weighted by molar-refractivity contribution is 5.90. The molecule has 4 rings (SSSR count). The molecule has 30 heavy (non-hydrogen) atoms. The number of aryl methyl sites for hydroxylation is 1. The van der Waals surface area contributed by atoms with Crippen LogP contribution in [0.1, 0.15) is 28.7 Å². The van der Waals surface area contributed by atoms with Gasteiger partial charge < -0.3 is 13.9 Å². The molecule has 0 saturated heterocycles. The predicted octanol–water partition coefficient (Wildman–Crippen LogP) is 3.80. The summed E-state index contributed by atoms with van der Waals surface area (Å²) >= 11 is 0. The van der Waals surface area contributed by atoms with Crippen LogP contribution < -0.4 is 0 Å². The third-order valence-corrected chi connectivity index (χ3v) is 5.01. The molecule has 0 spiro atoms. The highest BCUT2D eigenvalue weighted by Gasteiger charge is 2.14. The number of carbonyl (C=O) groups is 1. The molecule has 0 aliphatic carbocycles. The number of methoxy groups -OCH3 is 1. The summed E-state index contributed by atoms with van der Waals surface area (Å²) in [6.45, 7) is 3.49. The van der Waals surface area contributed by atoms with Crippen molar-refractivity contribution in [3.8, 4) is 11.4 Å². The van der Waals surface area contributed by atoms with Gasteiger partial charge in [0.15, 0.2) is 0 Å². The Hall–Kier alpha value is -3.74. The highest BCUT2D eigenvalue weighted by atomic mass is 16.5. The van der Waals surface area contributed by atoms with Gasteiger partial charge in [-0.15, -0.1) is 0 Å². The van der Waals surface area contributed by atoms with Gasteiger partial charge in [-0.2, -0.15) is 0 Å². The van der Waals surface area contributed by atoms with Crippen molar-refractivity contribution in [2.75, 3.05) is 14.2 Å². The van der Waals surface area contributed by atoms with Crippen LogP contribution in [0.3, 0.4) is 0 Å². The lowest BCUT2D eigenvalue weighted by atomic mass is 10.1. The van der Waals surface area contributed by atoms with Crippen molar-refractivity contribution in [2.45, 2.75) is 20.0 Å². The van der Waals surface area contributed by atoms with Gasteiger partial charge in [-0.05, 0) is 36.8 Å². The molecule has 7 heteroatoms. The molecule has 2 heterocycles.